The van der Waals surface area contributed by atoms with E-state index in [4.69, 9.17) is 63.7 Å². The van der Waals surface area contributed by atoms with Crippen molar-refractivity contribution in [2.45, 2.75) is 70.6 Å². The fourth-order valence-electron chi connectivity index (χ4n) is 9.61. The number of aliphatic hydroxyl groups excluding tert-OH is 15. The number of benzene rings is 6. The van der Waals surface area contributed by atoms with Crippen molar-refractivity contribution in [3.8, 4) is 34.5 Å². The maximum Gasteiger partial charge on any atom is 0.119 e. The molecule has 0 saturated carbocycles. The molecule has 3 saturated heterocycles. The van der Waals surface area contributed by atoms with Gasteiger partial charge in [0.15, 0.2) is 0 Å². The fraction of sp³-hybridized carbons (Fsp3) is 0.500. The fourth-order valence-corrected chi connectivity index (χ4v) is 9.61. The summed E-state index contributed by atoms with van der Waals surface area (Å²) in [6.45, 7) is -2.27. The maximum absolute atomic E-state index is 10.4. The van der Waals surface area contributed by atoms with Crippen molar-refractivity contribution >= 4 is 0 Å². The number of hydrogen-bond donors (Lipinski definition) is 19. The number of nitrogens with two attached hydrogens (primary N) is 1. The molecule has 0 radical (unpaired) electrons. The van der Waals surface area contributed by atoms with E-state index in [0.29, 0.717) is 37.1 Å². The molecule has 6 unspecified atom stereocenters. The highest BCUT2D eigenvalue weighted by Crippen LogP contribution is 2.37. The monoisotopic (exact) mass is 1400 g/mol. The van der Waals surface area contributed by atoms with Crippen LogP contribution in [0.4, 0.5) is 0 Å². The van der Waals surface area contributed by atoms with Gasteiger partial charge in [-0.25, -0.2) is 0 Å². The number of hydrogen-bond acceptors (Lipinski definition) is 28. The first-order chi connectivity index (χ1) is 48.4. The van der Waals surface area contributed by atoms with Crippen LogP contribution in [0.3, 0.4) is 0 Å². The van der Waals surface area contributed by atoms with Gasteiger partial charge in [0.1, 0.15) is 111 Å². The molecule has 552 valence electrons. The zero-order valence-corrected chi connectivity index (χ0v) is 55.9. The van der Waals surface area contributed by atoms with Gasteiger partial charge in [-0.15, -0.1) is 0 Å². The SMILES string of the molecule is NC(CO)(CO)CO.OCC(CO)(CO)NCC(O)COc1ccc(C(c2ccc(OCC(O)CNC(CO)(CO)CO)cc2)c2ccc(OCC(O)CNC(CO)(CO)CO)cc2)cc1.c1cc(C(c2ccc(OCC3CO3)cc2)c2ccc(OCC3CO3)cc2)ccc1OCC1CO1. The normalized spacial score (nSPS) is 17.2. The van der Waals surface area contributed by atoms with E-state index < -0.39 is 120 Å². The molecule has 100 heavy (non-hydrogen) atoms. The molecule has 0 spiro atoms. The van der Waals surface area contributed by atoms with E-state index in [1.165, 1.54) is 16.7 Å². The lowest BCUT2D eigenvalue weighted by Crippen LogP contribution is -2.57. The average molecular weight is 1410 g/mol. The second kappa shape index (κ2) is 40.8. The highest BCUT2D eigenvalue weighted by atomic mass is 16.6. The third-order valence-corrected chi connectivity index (χ3v) is 16.9. The van der Waals surface area contributed by atoms with E-state index in [9.17, 15) is 61.3 Å². The summed E-state index contributed by atoms with van der Waals surface area (Å²) in [5.74, 6) is 3.74. The van der Waals surface area contributed by atoms with Crippen molar-refractivity contribution in [2.75, 3.05) is 158 Å². The first-order valence-electron chi connectivity index (χ1n) is 33.0. The first-order valence-corrected chi connectivity index (χ1v) is 33.0. The van der Waals surface area contributed by atoms with Crippen molar-refractivity contribution in [3.63, 3.8) is 0 Å². The molecule has 3 aliphatic rings. The summed E-state index contributed by atoms with van der Waals surface area (Å²) in [4.78, 5) is 0. The molecule has 6 aromatic rings. The van der Waals surface area contributed by atoms with Gasteiger partial charge in [-0.05, 0) is 106 Å². The Morgan fingerprint density at radius 2 is 0.490 bits per heavy atom. The smallest absolute Gasteiger partial charge is 0.119 e. The minimum atomic E-state index is -1.34. The number of ether oxygens (including phenoxy) is 9. The van der Waals surface area contributed by atoms with Gasteiger partial charge in [0.05, 0.1) is 121 Å². The standard InChI is InChI=1S/C40H61N3O15.C28H28O6.C4H11NO3/c44-19-38(20-45,21-46)41-13-31(53)16-56-34-7-1-28(2-8-34)37(29-3-9-35(10-4-29)57-17-32(54)14-42-39(22-47,23-48)24-49)30-5-11-36(12-6-30)58-18-33(55)15-43-40(25-50,26-51)27-52;1-7-22(29-13-25-16-32-25)8-2-19(1)28(20-3-9-23(10-4-20)30-14-26-17-33-26)21-5-11-24(12-6-21)31-15-27-18-34-27;5-4(1-6,2-7)3-8/h1-12,31-33,37,41-55H,13-27H2;1-12,25-28H,13-18H2;6-8H,1-3,5H2. The predicted octanol–water partition coefficient (Wildman–Crippen LogP) is -2.14. The van der Waals surface area contributed by atoms with E-state index in [-0.39, 0.29) is 69.6 Å². The summed E-state index contributed by atoms with van der Waals surface area (Å²) in [6, 6.07) is 46.7. The zero-order valence-electron chi connectivity index (χ0n) is 55.9. The van der Waals surface area contributed by atoms with E-state index in [1.54, 1.807) is 36.4 Å². The molecular weight excluding hydrogens is 1300 g/mol. The summed E-state index contributed by atoms with van der Waals surface area (Å²) >= 11 is 0. The van der Waals surface area contributed by atoms with Crippen LogP contribution in [0.1, 0.15) is 45.2 Å². The van der Waals surface area contributed by atoms with Crippen molar-refractivity contribution < 1.29 is 119 Å². The average Bonchev–Trinajstić information content (AvgIpc) is 1.35. The Kier molecular flexibility index (Phi) is 32.8. The minimum absolute atomic E-state index is 0.0529. The van der Waals surface area contributed by atoms with Crippen molar-refractivity contribution in [2.24, 2.45) is 5.73 Å². The van der Waals surface area contributed by atoms with Gasteiger partial charge < -0.3 is 141 Å². The van der Waals surface area contributed by atoms with Gasteiger partial charge in [0, 0.05) is 31.5 Å². The Labute approximate surface area is 581 Å². The summed E-state index contributed by atoms with van der Waals surface area (Å²) in [7, 11) is 0. The molecule has 20 N–H and O–H groups in total. The quantitative estimate of drug-likeness (QED) is 0.0143. The lowest BCUT2D eigenvalue weighted by Gasteiger charge is -2.30. The van der Waals surface area contributed by atoms with Gasteiger partial charge in [-0.3, -0.25) is 0 Å². The Morgan fingerprint density at radius 1 is 0.310 bits per heavy atom. The molecule has 0 bridgehead atoms. The largest absolute Gasteiger partial charge is 0.491 e. The Bertz CT molecular complexity index is 2830. The van der Waals surface area contributed by atoms with Gasteiger partial charge >= 0.3 is 0 Å². The predicted molar refractivity (Wildman–Crippen MR) is 365 cm³/mol. The van der Waals surface area contributed by atoms with Crippen LogP contribution < -0.4 is 50.1 Å². The zero-order chi connectivity index (χ0) is 72.0. The second-order valence-electron chi connectivity index (χ2n) is 25.2. The molecule has 9 rings (SSSR count). The Hall–Kier alpha value is -6.76. The summed E-state index contributed by atoms with van der Waals surface area (Å²) in [5.41, 5.74) is 6.12. The van der Waals surface area contributed by atoms with E-state index in [1.807, 2.05) is 72.8 Å². The summed E-state index contributed by atoms with van der Waals surface area (Å²) in [6.07, 6.45) is -2.32. The molecule has 0 aliphatic carbocycles. The molecule has 3 heterocycles. The summed E-state index contributed by atoms with van der Waals surface area (Å²) < 4.78 is 50.5. The molecule has 6 aromatic carbocycles. The molecule has 3 fully saturated rings. The van der Waals surface area contributed by atoms with Crippen LogP contribution in [0.5, 0.6) is 34.5 Å². The van der Waals surface area contributed by atoms with E-state index in [0.717, 1.165) is 53.8 Å². The molecule has 0 amide bonds. The van der Waals surface area contributed by atoms with Crippen LogP contribution >= 0.6 is 0 Å². The molecule has 0 aromatic heterocycles. The number of aliphatic hydroxyl groups is 15. The number of nitrogens with one attached hydrogen (secondary N) is 3. The van der Waals surface area contributed by atoms with Gasteiger partial charge in [0.25, 0.3) is 0 Å². The van der Waals surface area contributed by atoms with Crippen molar-refractivity contribution in [1.82, 2.24) is 16.0 Å². The highest BCUT2D eigenvalue weighted by molar-refractivity contribution is 5.49. The molecule has 28 nitrogen and oxygen atoms in total. The van der Waals surface area contributed by atoms with Crippen LogP contribution in [0.15, 0.2) is 146 Å². The number of rotatable bonds is 45. The number of epoxide rings is 3. The van der Waals surface area contributed by atoms with Crippen molar-refractivity contribution in [1.29, 1.82) is 0 Å². The first kappa shape index (κ1) is 80.6. The van der Waals surface area contributed by atoms with Gasteiger partial charge in [-0.1, -0.05) is 72.8 Å². The Balaban J connectivity index is 0.000000278. The lowest BCUT2D eigenvalue weighted by atomic mass is 9.85. The van der Waals surface area contributed by atoms with Crippen LogP contribution in [0.2, 0.25) is 0 Å². The van der Waals surface area contributed by atoms with Crippen LogP contribution in [0, 0.1) is 0 Å². The minimum Gasteiger partial charge on any atom is -0.491 e. The topological polar surface area (TPSA) is 459 Å². The van der Waals surface area contributed by atoms with Gasteiger partial charge in [0.2, 0.25) is 0 Å². The summed E-state index contributed by atoms with van der Waals surface area (Å²) in [5, 5.41) is 150. The third kappa shape index (κ3) is 25.6. The third-order valence-electron chi connectivity index (χ3n) is 16.9. The van der Waals surface area contributed by atoms with E-state index >= 15 is 0 Å². The van der Waals surface area contributed by atoms with Crippen LogP contribution in [0.25, 0.3) is 0 Å². The van der Waals surface area contributed by atoms with Crippen LogP contribution in [-0.2, 0) is 14.2 Å². The van der Waals surface area contributed by atoms with Gasteiger partial charge in [-0.2, -0.15) is 0 Å². The Morgan fingerprint density at radius 3 is 0.640 bits per heavy atom. The molecule has 3 aliphatic heterocycles. The lowest BCUT2D eigenvalue weighted by molar-refractivity contribution is 0.0257. The van der Waals surface area contributed by atoms with Crippen LogP contribution in [-0.4, -0.2) is 294 Å². The highest BCUT2D eigenvalue weighted by Gasteiger charge is 2.32. The second-order valence-corrected chi connectivity index (χ2v) is 25.2. The van der Waals surface area contributed by atoms with Crippen molar-refractivity contribution in [3.05, 3.63) is 179 Å². The van der Waals surface area contributed by atoms with E-state index in [2.05, 4.69) is 52.3 Å². The number of β-amino-alcohol motifs (C(OH)–C–C–N with tert-alkyl or cyclic N) is 3. The maximum atomic E-state index is 10.4. The molecular formula is C72H100N4O24. The molecule has 6 atom stereocenters. The molecule has 28 heteroatoms.